The molecule has 0 bridgehead atoms. The molecule has 1 amide bonds. The van der Waals surface area contributed by atoms with Gasteiger partial charge in [0.15, 0.2) is 0 Å². The Morgan fingerprint density at radius 3 is 2.46 bits per heavy atom. The number of hydrogen-bond donors (Lipinski definition) is 0. The average molecular weight is 482 g/mol. The maximum atomic E-state index is 13.3. The lowest BCUT2D eigenvalue weighted by molar-refractivity contribution is -0.131. The van der Waals surface area contributed by atoms with Crippen LogP contribution < -0.4 is 0 Å². The summed E-state index contributed by atoms with van der Waals surface area (Å²) >= 11 is 9.95. The fourth-order valence-electron chi connectivity index (χ4n) is 2.68. The van der Waals surface area contributed by atoms with Gasteiger partial charge in [0.2, 0.25) is 5.91 Å². The maximum absolute atomic E-state index is 13.3. The van der Waals surface area contributed by atoms with Gasteiger partial charge in [-0.1, -0.05) is 17.7 Å². The molecule has 5 nitrogen and oxygen atoms in total. The number of amides is 1. The third kappa shape index (κ3) is 4.28. The first-order valence-electron chi connectivity index (χ1n) is 7.74. The minimum Gasteiger partial charge on any atom is -0.340 e. The van der Waals surface area contributed by atoms with Gasteiger partial charge in [-0.15, -0.1) is 11.3 Å². The minimum absolute atomic E-state index is 0.111. The lowest BCUT2D eigenvalue weighted by Gasteiger charge is -2.33. The quantitative estimate of drug-likeness (QED) is 0.673. The van der Waals surface area contributed by atoms with Crippen molar-refractivity contribution in [1.82, 2.24) is 9.21 Å². The number of thiophene rings is 1. The van der Waals surface area contributed by atoms with Gasteiger partial charge in [0.1, 0.15) is 10.0 Å². The Morgan fingerprint density at radius 2 is 1.88 bits per heavy atom. The van der Waals surface area contributed by atoms with Crippen LogP contribution in [0.5, 0.6) is 0 Å². The standard InChI is InChI=1S/C16H15BrClFN2O3S2/c17-12-9-11(1-2-13(12)19)10-15(22)20-5-7-21(8-6-20)26(23,24)16-4-3-14(18)25-16/h1-4,9H,5-8,10H2. The largest absolute Gasteiger partial charge is 0.340 e. The summed E-state index contributed by atoms with van der Waals surface area (Å²) in [5, 5.41) is 0. The van der Waals surface area contributed by atoms with E-state index < -0.39 is 10.0 Å². The first-order chi connectivity index (χ1) is 12.3. The van der Waals surface area contributed by atoms with Crippen LogP contribution in [-0.2, 0) is 21.2 Å². The topological polar surface area (TPSA) is 57.7 Å². The van der Waals surface area contributed by atoms with Gasteiger partial charge in [-0.05, 0) is 45.8 Å². The number of hydrogen-bond acceptors (Lipinski definition) is 4. The molecule has 1 aromatic heterocycles. The van der Waals surface area contributed by atoms with Crippen molar-refractivity contribution in [2.45, 2.75) is 10.6 Å². The van der Waals surface area contributed by atoms with E-state index >= 15 is 0 Å². The molecule has 1 aliphatic heterocycles. The molecule has 0 aliphatic carbocycles. The lowest BCUT2D eigenvalue weighted by atomic mass is 10.1. The zero-order chi connectivity index (χ0) is 18.9. The Bertz CT molecular complexity index is 927. The smallest absolute Gasteiger partial charge is 0.252 e. The van der Waals surface area contributed by atoms with E-state index in [-0.39, 0.29) is 35.4 Å². The molecule has 0 atom stereocenters. The monoisotopic (exact) mass is 480 g/mol. The highest BCUT2D eigenvalue weighted by molar-refractivity contribution is 9.10. The van der Waals surface area contributed by atoms with Gasteiger partial charge >= 0.3 is 0 Å². The van der Waals surface area contributed by atoms with E-state index in [0.717, 1.165) is 11.3 Å². The fourth-order valence-corrected chi connectivity index (χ4v) is 6.16. The van der Waals surface area contributed by atoms with Crippen LogP contribution in [0.4, 0.5) is 4.39 Å². The second-order valence-corrected chi connectivity index (χ2v) is 10.5. The molecule has 1 aliphatic rings. The number of carbonyl (C=O) groups excluding carboxylic acids is 1. The second kappa shape index (κ2) is 7.93. The van der Waals surface area contributed by atoms with E-state index in [1.54, 1.807) is 23.1 Å². The number of nitrogens with zero attached hydrogens (tertiary/aromatic N) is 2. The van der Waals surface area contributed by atoms with Gasteiger partial charge in [0, 0.05) is 26.2 Å². The maximum Gasteiger partial charge on any atom is 0.252 e. The summed E-state index contributed by atoms with van der Waals surface area (Å²) in [7, 11) is -3.58. The Morgan fingerprint density at radius 1 is 1.19 bits per heavy atom. The van der Waals surface area contributed by atoms with E-state index in [1.807, 2.05) is 0 Å². The van der Waals surface area contributed by atoms with Crippen molar-refractivity contribution in [3.05, 3.63) is 50.5 Å². The first-order valence-corrected chi connectivity index (χ1v) is 11.2. The molecule has 0 N–H and O–H groups in total. The van der Waals surface area contributed by atoms with Crippen LogP contribution in [-0.4, -0.2) is 49.7 Å². The van der Waals surface area contributed by atoms with Gasteiger partial charge in [-0.25, -0.2) is 12.8 Å². The van der Waals surface area contributed by atoms with Crippen LogP contribution in [0, 0.1) is 5.82 Å². The number of sulfonamides is 1. The van der Waals surface area contributed by atoms with Gasteiger partial charge in [-0.2, -0.15) is 4.31 Å². The molecule has 2 aromatic rings. The summed E-state index contributed by atoms with van der Waals surface area (Å²) in [5.74, 6) is -0.492. The number of piperazine rings is 1. The first kappa shape index (κ1) is 19.8. The molecule has 140 valence electrons. The molecule has 2 heterocycles. The number of carbonyl (C=O) groups is 1. The summed E-state index contributed by atoms with van der Waals surface area (Å²) in [6.45, 7) is 1.10. The molecule has 26 heavy (non-hydrogen) atoms. The van der Waals surface area contributed by atoms with E-state index in [9.17, 15) is 17.6 Å². The molecule has 0 unspecified atom stereocenters. The van der Waals surface area contributed by atoms with Crippen molar-refractivity contribution in [2.75, 3.05) is 26.2 Å². The van der Waals surface area contributed by atoms with Crippen LogP contribution in [0.1, 0.15) is 5.56 Å². The van der Waals surface area contributed by atoms with E-state index in [4.69, 9.17) is 11.6 Å². The fraction of sp³-hybridized carbons (Fsp3) is 0.312. The molecule has 1 saturated heterocycles. The van der Waals surface area contributed by atoms with Crippen LogP contribution in [0.15, 0.2) is 39.0 Å². The Balaban J connectivity index is 1.61. The van der Waals surface area contributed by atoms with Crippen molar-refractivity contribution in [2.24, 2.45) is 0 Å². The highest BCUT2D eigenvalue weighted by Crippen LogP contribution is 2.28. The molecule has 10 heteroatoms. The Labute approximate surface area is 168 Å². The average Bonchev–Trinajstić information content (AvgIpc) is 3.05. The Hall–Kier alpha value is -1.00. The normalized spacial score (nSPS) is 16.0. The predicted molar refractivity (Wildman–Crippen MR) is 102 cm³/mol. The van der Waals surface area contributed by atoms with Gasteiger partial charge in [0.25, 0.3) is 10.0 Å². The number of halogens is 3. The molecule has 1 aromatic carbocycles. The van der Waals surface area contributed by atoms with Crippen molar-refractivity contribution in [3.63, 3.8) is 0 Å². The summed E-state index contributed by atoms with van der Waals surface area (Å²) < 4.78 is 40.7. The van der Waals surface area contributed by atoms with Crippen LogP contribution in [0.2, 0.25) is 4.34 Å². The SMILES string of the molecule is O=C(Cc1ccc(F)c(Br)c1)N1CCN(S(=O)(=O)c2ccc(Cl)s2)CC1. The summed E-state index contributed by atoms with van der Waals surface area (Å²) in [4.78, 5) is 14.1. The highest BCUT2D eigenvalue weighted by atomic mass is 79.9. The highest BCUT2D eigenvalue weighted by Gasteiger charge is 2.31. The van der Waals surface area contributed by atoms with Crippen LogP contribution >= 0.6 is 38.9 Å². The molecular weight excluding hydrogens is 467 g/mol. The predicted octanol–water partition coefficient (Wildman–Crippen LogP) is 3.38. The molecule has 0 saturated carbocycles. The minimum atomic E-state index is -3.58. The summed E-state index contributed by atoms with van der Waals surface area (Å²) in [6, 6.07) is 7.50. The number of rotatable bonds is 4. The van der Waals surface area contributed by atoms with Crippen molar-refractivity contribution in [3.8, 4) is 0 Å². The second-order valence-electron chi connectivity index (χ2n) is 5.77. The zero-order valence-corrected chi connectivity index (χ0v) is 17.5. The summed E-state index contributed by atoms with van der Waals surface area (Å²) in [5.41, 5.74) is 0.701. The van der Waals surface area contributed by atoms with E-state index in [0.29, 0.717) is 27.5 Å². The third-order valence-electron chi connectivity index (χ3n) is 4.07. The van der Waals surface area contributed by atoms with E-state index in [1.165, 1.54) is 16.4 Å². The van der Waals surface area contributed by atoms with E-state index in [2.05, 4.69) is 15.9 Å². The lowest BCUT2D eigenvalue weighted by Crippen LogP contribution is -2.50. The Kier molecular flexibility index (Phi) is 6.03. The van der Waals surface area contributed by atoms with Crippen molar-refractivity contribution < 1.29 is 17.6 Å². The van der Waals surface area contributed by atoms with Gasteiger partial charge in [0.05, 0.1) is 15.2 Å². The molecule has 0 radical (unpaired) electrons. The third-order valence-corrected chi connectivity index (χ3v) is 8.28. The van der Waals surface area contributed by atoms with Crippen molar-refractivity contribution >= 4 is 54.8 Å². The molecular formula is C16H15BrClFN2O3S2. The van der Waals surface area contributed by atoms with Gasteiger partial charge in [-0.3, -0.25) is 4.79 Å². The number of benzene rings is 1. The zero-order valence-electron chi connectivity index (χ0n) is 13.5. The molecule has 3 rings (SSSR count). The van der Waals surface area contributed by atoms with Crippen LogP contribution in [0.25, 0.3) is 0 Å². The van der Waals surface area contributed by atoms with Gasteiger partial charge < -0.3 is 4.90 Å². The molecule has 0 spiro atoms. The molecule has 1 fully saturated rings. The van der Waals surface area contributed by atoms with Crippen molar-refractivity contribution in [1.29, 1.82) is 0 Å². The summed E-state index contributed by atoms with van der Waals surface area (Å²) in [6.07, 6.45) is 0.145. The van der Waals surface area contributed by atoms with Crippen LogP contribution in [0.3, 0.4) is 0 Å².